The number of amides is 11. The Morgan fingerprint density at radius 3 is 1.72 bits per heavy atom. The molecule has 1 aliphatic heterocycles. The van der Waals surface area contributed by atoms with Gasteiger partial charge in [-0.1, -0.05) is 97.5 Å². The fraction of sp³-hybridized carbons (Fsp3) is 0.646. The monoisotopic (exact) mass is 1320 g/mol. The van der Waals surface area contributed by atoms with Crippen molar-refractivity contribution in [1.29, 1.82) is 0 Å². The van der Waals surface area contributed by atoms with Gasteiger partial charge in [-0.05, 0) is 106 Å². The summed E-state index contributed by atoms with van der Waals surface area (Å²) in [6, 6.07) is 0.0413. The molecule has 0 spiro atoms. The molecular formula is C65H98ClF4N11O11. The topological polar surface area (TPSA) is 259 Å². The lowest BCUT2D eigenvalue weighted by Gasteiger charge is -2.38. The molecule has 3 rings (SSSR count). The average Bonchev–Trinajstić information content (AvgIpc) is 0.869. The standard InChI is InChI=1S/C65H98ClF4N11O11/c1-18-20-21-48-59(88)78(14)41(8)32-53(83)79(15)50(31-39(5)6)58(87)74-56(40(7)19-2)62(91)77(13)36-54(84)75(11)37-55(85)80(16)51(34-43-22-26-44(66)27-23-43)61(90)76(12)35-52(82)71-47(29-25-42-24-28-45(46(67)33-42)65(68,69)70)57(86)72-49(30-38(3)4)60(89)81(17)64(9,10)63(92)73-48/h22-24,26-28,33,38-41,47-51,56H,18-21,25,29-32,34-37H2,1-17H3,(H,71,82)(H,72,86)(H,73,92)(H,74,87)/t40-,41+,47-,48-,49-,50-,51-,56-/m0/s1. The number of hydrogen-bond acceptors (Lipinski definition) is 11. The molecule has 0 radical (unpaired) electrons. The maximum absolute atomic E-state index is 14.9. The van der Waals surface area contributed by atoms with Crippen LogP contribution in [0.25, 0.3) is 0 Å². The first-order chi connectivity index (χ1) is 42.7. The maximum atomic E-state index is 14.9. The quantitative estimate of drug-likeness (QED) is 0.173. The van der Waals surface area contributed by atoms with E-state index < -0.39 is 156 Å². The minimum absolute atomic E-state index is 0.0146. The third kappa shape index (κ3) is 22.4. The van der Waals surface area contributed by atoms with Gasteiger partial charge < -0.3 is 55.6 Å². The van der Waals surface area contributed by atoms with Crippen LogP contribution in [-0.4, -0.2) is 216 Å². The minimum atomic E-state index is -5.01. The molecule has 0 aliphatic carbocycles. The van der Waals surface area contributed by atoms with Crippen LogP contribution in [0.4, 0.5) is 17.6 Å². The molecule has 0 aromatic heterocycles. The largest absolute Gasteiger partial charge is 0.419 e. The van der Waals surface area contributed by atoms with E-state index in [-0.39, 0.29) is 62.3 Å². The Morgan fingerprint density at radius 2 is 1.16 bits per heavy atom. The Hall–Kier alpha value is -7.38. The number of benzene rings is 2. The Kier molecular flexibility index (Phi) is 30.0. The minimum Gasteiger partial charge on any atom is -0.343 e. The number of unbranched alkanes of at least 4 members (excludes halogenated alkanes) is 1. The van der Waals surface area contributed by atoms with E-state index in [0.29, 0.717) is 42.0 Å². The van der Waals surface area contributed by atoms with Gasteiger partial charge in [-0.3, -0.25) is 52.7 Å². The zero-order valence-corrected chi connectivity index (χ0v) is 57.3. The van der Waals surface area contributed by atoms with E-state index in [1.54, 1.807) is 52.0 Å². The highest BCUT2D eigenvalue weighted by atomic mass is 35.5. The van der Waals surface area contributed by atoms with Crippen molar-refractivity contribution in [2.75, 3.05) is 69.0 Å². The third-order valence-electron chi connectivity index (χ3n) is 17.1. The van der Waals surface area contributed by atoms with Crippen molar-refractivity contribution in [3.05, 3.63) is 70.0 Å². The highest BCUT2D eigenvalue weighted by molar-refractivity contribution is 6.30. The molecule has 1 saturated heterocycles. The number of halogens is 5. The van der Waals surface area contributed by atoms with Gasteiger partial charge in [0.25, 0.3) is 0 Å². The van der Waals surface area contributed by atoms with Crippen LogP contribution in [0.5, 0.6) is 0 Å². The van der Waals surface area contributed by atoms with Crippen LogP contribution < -0.4 is 21.3 Å². The predicted molar refractivity (Wildman–Crippen MR) is 340 cm³/mol. The fourth-order valence-corrected chi connectivity index (χ4v) is 10.5. The van der Waals surface area contributed by atoms with E-state index in [0.717, 1.165) is 30.6 Å². The molecule has 2 aromatic rings. The number of nitrogens with zero attached hydrogens (tertiary/aromatic N) is 7. The lowest BCUT2D eigenvalue weighted by atomic mass is 9.95. The third-order valence-corrected chi connectivity index (χ3v) is 17.4. The van der Waals surface area contributed by atoms with Gasteiger partial charge in [0.05, 0.1) is 25.2 Å². The number of hydrogen-bond donors (Lipinski definition) is 4. The number of carbonyl (C=O) groups is 11. The van der Waals surface area contributed by atoms with Crippen LogP contribution in [0.15, 0.2) is 42.5 Å². The second-order valence-electron chi connectivity index (χ2n) is 25.8. The summed E-state index contributed by atoms with van der Waals surface area (Å²) in [5.41, 5.74) is -2.70. The maximum Gasteiger partial charge on any atom is 0.419 e. The number of alkyl halides is 3. The zero-order valence-electron chi connectivity index (χ0n) is 56.5. The Labute approximate surface area is 544 Å². The van der Waals surface area contributed by atoms with Gasteiger partial charge in [-0.15, -0.1) is 0 Å². The highest BCUT2D eigenvalue weighted by Crippen LogP contribution is 2.32. The summed E-state index contributed by atoms with van der Waals surface area (Å²) in [6.07, 6.45) is -4.24. The van der Waals surface area contributed by atoms with Crippen molar-refractivity contribution < 1.29 is 70.3 Å². The van der Waals surface area contributed by atoms with E-state index in [2.05, 4.69) is 21.3 Å². The van der Waals surface area contributed by atoms with Crippen LogP contribution in [0.2, 0.25) is 5.02 Å². The Balaban J connectivity index is 2.24. The van der Waals surface area contributed by atoms with Gasteiger partial charge in [0.15, 0.2) is 0 Å². The SMILES string of the molecule is CCCC[C@@H]1NC(=O)C(C)(C)N(C)C(=O)[C@H](CC(C)C)NC(=O)[C@H](CCc2ccc(C(F)(F)F)c(F)c2)NC(=O)CN(C)C(=O)[C@H](Cc2ccc(Cl)cc2)N(C)C(=O)CN(C)C(=O)CN(C)C(=O)[C@H]([C@@H](C)CC)NC(=O)[C@H](CC(C)C)N(C)C(=O)C[C@@H](C)N(C)C1=O. The summed E-state index contributed by atoms with van der Waals surface area (Å²) in [5, 5.41) is 11.3. The van der Waals surface area contributed by atoms with Crippen LogP contribution in [-0.2, 0) is 71.8 Å². The average molecular weight is 1320 g/mol. The van der Waals surface area contributed by atoms with Gasteiger partial charge in [-0.25, -0.2) is 4.39 Å². The molecule has 27 heteroatoms. The van der Waals surface area contributed by atoms with Gasteiger partial charge in [0.2, 0.25) is 65.0 Å². The van der Waals surface area contributed by atoms with E-state index in [4.69, 9.17) is 11.6 Å². The van der Waals surface area contributed by atoms with Gasteiger partial charge in [0.1, 0.15) is 47.6 Å². The molecule has 22 nitrogen and oxygen atoms in total. The van der Waals surface area contributed by atoms with E-state index in [1.807, 2.05) is 27.7 Å². The number of rotatable bonds is 14. The van der Waals surface area contributed by atoms with Crippen LogP contribution in [0, 0.1) is 23.6 Å². The molecule has 92 heavy (non-hydrogen) atoms. The Bertz CT molecular complexity index is 2930. The molecule has 1 heterocycles. The molecule has 0 saturated carbocycles. The summed E-state index contributed by atoms with van der Waals surface area (Å²) in [6.45, 7) is 15.3. The molecular weight excluding hydrogens is 1220 g/mol. The second-order valence-corrected chi connectivity index (χ2v) is 26.2. The van der Waals surface area contributed by atoms with Crippen molar-refractivity contribution in [3.63, 3.8) is 0 Å². The number of aryl methyl sites for hydroxylation is 1. The van der Waals surface area contributed by atoms with Crippen LogP contribution >= 0.6 is 11.6 Å². The fourth-order valence-electron chi connectivity index (χ4n) is 10.4. The molecule has 11 amide bonds. The molecule has 0 bridgehead atoms. The molecule has 1 fully saturated rings. The molecule has 8 atom stereocenters. The molecule has 514 valence electrons. The molecule has 2 aromatic carbocycles. The first-order valence-corrected chi connectivity index (χ1v) is 31.7. The van der Waals surface area contributed by atoms with Crippen molar-refractivity contribution in [1.82, 2.24) is 55.6 Å². The smallest absolute Gasteiger partial charge is 0.343 e. The molecule has 0 unspecified atom stereocenters. The van der Waals surface area contributed by atoms with Gasteiger partial charge in [0, 0.05) is 73.2 Å². The van der Waals surface area contributed by atoms with Crippen molar-refractivity contribution in [3.8, 4) is 0 Å². The first-order valence-electron chi connectivity index (χ1n) is 31.3. The van der Waals surface area contributed by atoms with Crippen LogP contribution in [0.1, 0.15) is 137 Å². The first kappa shape index (κ1) is 78.9. The van der Waals surface area contributed by atoms with E-state index >= 15 is 0 Å². The van der Waals surface area contributed by atoms with Crippen LogP contribution in [0.3, 0.4) is 0 Å². The lowest BCUT2D eigenvalue weighted by Crippen LogP contribution is -2.63. The predicted octanol–water partition coefficient (Wildman–Crippen LogP) is 5.46. The van der Waals surface area contributed by atoms with Crippen molar-refractivity contribution >= 4 is 76.6 Å². The van der Waals surface area contributed by atoms with Gasteiger partial charge in [-0.2, -0.15) is 13.2 Å². The van der Waals surface area contributed by atoms with E-state index in [9.17, 15) is 70.3 Å². The summed E-state index contributed by atoms with van der Waals surface area (Å²) < 4.78 is 55.7. The van der Waals surface area contributed by atoms with E-state index in [1.165, 1.54) is 73.0 Å². The number of likely N-dealkylation sites (N-methyl/N-ethyl adjacent to an activating group) is 7. The summed E-state index contributed by atoms with van der Waals surface area (Å²) >= 11 is 6.19. The molecule has 4 N–H and O–H groups in total. The number of nitrogens with one attached hydrogen (secondary N) is 4. The summed E-state index contributed by atoms with van der Waals surface area (Å²) in [7, 11) is 9.54. The zero-order chi connectivity index (χ0) is 70.0. The second kappa shape index (κ2) is 35.0. The van der Waals surface area contributed by atoms with Crippen molar-refractivity contribution in [2.45, 2.75) is 187 Å². The lowest BCUT2D eigenvalue weighted by molar-refractivity contribution is -0.149. The number of carbonyl (C=O) groups excluding carboxylic acids is 11. The van der Waals surface area contributed by atoms with Crippen molar-refractivity contribution in [2.24, 2.45) is 17.8 Å². The molecule has 1 aliphatic rings. The summed E-state index contributed by atoms with van der Waals surface area (Å²) in [5.74, 6) is -10.5. The summed E-state index contributed by atoms with van der Waals surface area (Å²) in [4.78, 5) is 166. The normalized spacial score (nSPS) is 23.5. The Morgan fingerprint density at radius 1 is 0.598 bits per heavy atom. The van der Waals surface area contributed by atoms with Gasteiger partial charge >= 0.3 is 6.18 Å². The highest BCUT2D eigenvalue weighted by Gasteiger charge is 2.43.